The summed E-state index contributed by atoms with van der Waals surface area (Å²) in [6.07, 6.45) is 9.45. The Morgan fingerprint density at radius 2 is 1.58 bits per heavy atom. The summed E-state index contributed by atoms with van der Waals surface area (Å²) < 4.78 is 11.9. The van der Waals surface area contributed by atoms with Crippen LogP contribution in [0.2, 0.25) is 0 Å². The fourth-order valence-corrected chi connectivity index (χ4v) is 8.05. The Balaban J connectivity index is 2.26. The zero-order chi connectivity index (χ0) is 40.2. The van der Waals surface area contributed by atoms with Crippen LogP contribution < -0.4 is 10.6 Å². The number of ether oxygens (including phenoxy) is 2. The summed E-state index contributed by atoms with van der Waals surface area (Å²) in [4.78, 5) is 72.6. The van der Waals surface area contributed by atoms with Crippen molar-refractivity contribution in [1.29, 1.82) is 0 Å². The second kappa shape index (κ2) is 21.6. The molecule has 1 fully saturated rings. The number of methoxy groups -OCH3 is 2. The zero-order valence-electron chi connectivity index (χ0n) is 34.3. The SMILES string of the molecule is CC[C@H](C)C([C@@H](CC(=O)N1CCC[C@H]1[C@H](OC)[C@@H](C)C(=O)NC(CC1C=CC=CC1)C(=O)O)OC)N(C)C(=O)[C@@H](NC(=O)C(C(C)C)N(C)C)C(C)C. The number of likely N-dealkylation sites (tertiary alicyclic amines) is 1. The number of carboxylic acids is 1. The van der Waals surface area contributed by atoms with E-state index in [1.54, 1.807) is 30.9 Å². The van der Waals surface area contributed by atoms with Crippen LogP contribution in [0.5, 0.6) is 0 Å². The molecule has 1 aliphatic heterocycles. The van der Waals surface area contributed by atoms with Crippen LogP contribution in [0.25, 0.3) is 0 Å². The minimum Gasteiger partial charge on any atom is -0.480 e. The van der Waals surface area contributed by atoms with Gasteiger partial charge in [-0.05, 0) is 63.5 Å². The molecular weight excluding hydrogens is 678 g/mol. The van der Waals surface area contributed by atoms with E-state index >= 15 is 0 Å². The van der Waals surface area contributed by atoms with Gasteiger partial charge in [-0.25, -0.2) is 4.79 Å². The summed E-state index contributed by atoms with van der Waals surface area (Å²) in [5.74, 6) is -3.09. The van der Waals surface area contributed by atoms with Crippen LogP contribution >= 0.6 is 0 Å². The topological polar surface area (TPSA) is 158 Å². The molecule has 0 aromatic rings. The summed E-state index contributed by atoms with van der Waals surface area (Å²) in [6.45, 7) is 14.0. The van der Waals surface area contributed by atoms with Gasteiger partial charge in [-0.15, -0.1) is 0 Å². The van der Waals surface area contributed by atoms with Gasteiger partial charge in [0.25, 0.3) is 0 Å². The maximum atomic E-state index is 14.2. The van der Waals surface area contributed by atoms with Crippen LogP contribution in [0.4, 0.5) is 0 Å². The molecule has 0 radical (unpaired) electrons. The van der Waals surface area contributed by atoms with Crippen molar-refractivity contribution < 1.29 is 38.6 Å². The van der Waals surface area contributed by atoms with E-state index in [4.69, 9.17) is 9.47 Å². The molecule has 1 aliphatic carbocycles. The van der Waals surface area contributed by atoms with Crippen LogP contribution in [-0.2, 0) is 33.4 Å². The first-order valence-electron chi connectivity index (χ1n) is 19.4. The number of hydrogen-bond acceptors (Lipinski definition) is 8. The quantitative estimate of drug-likeness (QED) is 0.159. The van der Waals surface area contributed by atoms with Crippen LogP contribution in [0, 0.1) is 29.6 Å². The van der Waals surface area contributed by atoms with E-state index in [1.807, 2.05) is 84.8 Å². The molecule has 10 atom stereocenters. The summed E-state index contributed by atoms with van der Waals surface area (Å²) in [6, 6.07) is -3.12. The lowest BCUT2D eigenvalue weighted by Gasteiger charge is -2.41. The van der Waals surface area contributed by atoms with Crippen molar-refractivity contribution in [3.63, 3.8) is 0 Å². The largest absolute Gasteiger partial charge is 0.480 e. The van der Waals surface area contributed by atoms with Gasteiger partial charge in [0.05, 0.1) is 42.7 Å². The van der Waals surface area contributed by atoms with Crippen molar-refractivity contribution in [3.05, 3.63) is 24.3 Å². The Kier molecular flexibility index (Phi) is 18.7. The van der Waals surface area contributed by atoms with Crippen molar-refractivity contribution in [1.82, 2.24) is 25.3 Å². The van der Waals surface area contributed by atoms with E-state index in [9.17, 15) is 29.1 Å². The first-order valence-corrected chi connectivity index (χ1v) is 19.4. The molecule has 13 heteroatoms. The molecule has 2 aliphatic rings. The maximum Gasteiger partial charge on any atom is 0.326 e. The number of carbonyl (C=O) groups is 5. The predicted octanol–water partition coefficient (Wildman–Crippen LogP) is 3.73. The van der Waals surface area contributed by atoms with Crippen molar-refractivity contribution >= 4 is 29.6 Å². The van der Waals surface area contributed by atoms with Gasteiger partial charge in [-0.2, -0.15) is 0 Å². The van der Waals surface area contributed by atoms with Crippen molar-refractivity contribution in [2.75, 3.05) is 41.9 Å². The number of allylic oxidation sites excluding steroid dienone is 4. The first-order chi connectivity index (χ1) is 24.9. The standard InChI is InChI=1S/C40H69N5O8/c1-13-26(6)35(44(10)39(49)33(24(2)3)42-38(48)34(25(4)5)43(8)9)31(52-11)23-32(46)45-21-17-20-30(45)36(53-12)27(7)37(47)41-29(40(50)51)22-28-18-15-14-16-19-28/h14-16,18,24-31,33-36H,13,17,19-23H2,1-12H3,(H,41,47)(H,42,48)(H,50,51)/t26-,27+,28?,29?,30-,31+,33-,34?,35?,36+/m0/s1. The molecule has 302 valence electrons. The summed E-state index contributed by atoms with van der Waals surface area (Å²) >= 11 is 0. The number of aliphatic carboxylic acids is 1. The Morgan fingerprint density at radius 3 is 2.08 bits per heavy atom. The lowest BCUT2D eigenvalue weighted by atomic mass is 9.89. The second-order valence-electron chi connectivity index (χ2n) is 15.9. The average molecular weight is 748 g/mol. The number of likely N-dealkylation sites (N-methyl/N-ethyl adjacent to an activating group) is 2. The fraction of sp³-hybridized carbons (Fsp3) is 0.775. The minimum atomic E-state index is -1.10. The third-order valence-electron chi connectivity index (χ3n) is 11.2. The van der Waals surface area contributed by atoms with Crippen LogP contribution in [-0.4, -0.2) is 134 Å². The Morgan fingerprint density at radius 1 is 0.925 bits per heavy atom. The highest BCUT2D eigenvalue weighted by Crippen LogP contribution is 2.30. The van der Waals surface area contributed by atoms with Crippen LogP contribution in [0.15, 0.2) is 24.3 Å². The summed E-state index contributed by atoms with van der Waals surface area (Å²) in [7, 11) is 8.46. The molecule has 1 saturated heterocycles. The lowest BCUT2D eigenvalue weighted by molar-refractivity contribution is -0.148. The molecule has 4 unspecified atom stereocenters. The Hall–Kier alpha value is -3.29. The Bertz CT molecular complexity index is 1280. The molecular formula is C40H69N5O8. The van der Waals surface area contributed by atoms with E-state index in [0.717, 1.165) is 12.8 Å². The van der Waals surface area contributed by atoms with E-state index in [-0.39, 0.29) is 54.2 Å². The number of hydrogen-bond donors (Lipinski definition) is 3. The van der Waals surface area contributed by atoms with Gasteiger partial charge in [-0.1, -0.05) is 79.2 Å². The third-order valence-corrected chi connectivity index (χ3v) is 11.2. The predicted molar refractivity (Wildman–Crippen MR) is 206 cm³/mol. The second-order valence-corrected chi connectivity index (χ2v) is 15.9. The number of amides is 4. The molecule has 0 aromatic heterocycles. The van der Waals surface area contributed by atoms with Gasteiger partial charge in [-0.3, -0.25) is 24.1 Å². The molecule has 0 bridgehead atoms. The van der Waals surface area contributed by atoms with Gasteiger partial charge in [0, 0.05) is 27.8 Å². The van der Waals surface area contributed by atoms with Gasteiger partial charge in [0.1, 0.15) is 12.1 Å². The Labute approximate surface area is 318 Å². The highest BCUT2D eigenvalue weighted by molar-refractivity contribution is 5.90. The van der Waals surface area contributed by atoms with E-state index in [1.165, 1.54) is 7.11 Å². The number of carboxylic acid groups (broad SMARTS) is 1. The number of rotatable bonds is 21. The van der Waals surface area contributed by atoms with E-state index in [0.29, 0.717) is 19.4 Å². The van der Waals surface area contributed by atoms with Gasteiger partial charge in [0.2, 0.25) is 23.6 Å². The molecule has 0 saturated carbocycles. The number of nitrogens with zero attached hydrogens (tertiary/aromatic N) is 3. The lowest BCUT2D eigenvalue weighted by Crippen LogP contribution is -2.59. The van der Waals surface area contributed by atoms with E-state index in [2.05, 4.69) is 10.6 Å². The molecule has 13 nitrogen and oxygen atoms in total. The van der Waals surface area contributed by atoms with E-state index < -0.39 is 60.2 Å². The van der Waals surface area contributed by atoms with Gasteiger partial charge >= 0.3 is 5.97 Å². The molecule has 4 amide bonds. The fourth-order valence-electron chi connectivity index (χ4n) is 8.05. The molecule has 3 N–H and O–H groups in total. The smallest absolute Gasteiger partial charge is 0.326 e. The monoisotopic (exact) mass is 748 g/mol. The summed E-state index contributed by atoms with van der Waals surface area (Å²) in [5.41, 5.74) is 0. The minimum absolute atomic E-state index is 0.00413. The third kappa shape index (κ3) is 12.4. The molecule has 53 heavy (non-hydrogen) atoms. The number of nitrogens with one attached hydrogen (secondary N) is 2. The van der Waals surface area contributed by atoms with Crippen LogP contribution in [0.3, 0.4) is 0 Å². The average Bonchev–Trinajstić information content (AvgIpc) is 3.59. The van der Waals surface area contributed by atoms with Gasteiger partial charge < -0.3 is 35.0 Å². The molecule has 0 aromatic carbocycles. The van der Waals surface area contributed by atoms with Crippen molar-refractivity contribution in [3.8, 4) is 0 Å². The molecule has 0 spiro atoms. The number of carbonyl (C=O) groups excluding carboxylic acids is 4. The highest BCUT2D eigenvalue weighted by Gasteiger charge is 2.43. The van der Waals surface area contributed by atoms with Crippen molar-refractivity contribution in [2.45, 2.75) is 129 Å². The highest BCUT2D eigenvalue weighted by atomic mass is 16.5. The van der Waals surface area contributed by atoms with Gasteiger partial charge in [0.15, 0.2) is 0 Å². The zero-order valence-corrected chi connectivity index (χ0v) is 34.3. The molecule has 2 rings (SSSR count). The normalized spacial score (nSPS) is 21.8. The van der Waals surface area contributed by atoms with Crippen molar-refractivity contribution in [2.24, 2.45) is 29.6 Å². The van der Waals surface area contributed by atoms with Crippen LogP contribution in [0.1, 0.15) is 87.0 Å². The summed E-state index contributed by atoms with van der Waals surface area (Å²) in [5, 5.41) is 15.6. The first kappa shape index (κ1) is 45.9. The molecule has 1 heterocycles. The maximum absolute atomic E-state index is 14.2.